The lowest BCUT2D eigenvalue weighted by molar-refractivity contribution is -0.142. The minimum Gasteiger partial charge on any atom is -0.374 e. The molecule has 1 aromatic rings. The van der Waals surface area contributed by atoms with E-state index in [9.17, 15) is 9.59 Å². The summed E-state index contributed by atoms with van der Waals surface area (Å²) >= 11 is 1.34. The Kier molecular flexibility index (Phi) is 5.65. The van der Waals surface area contributed by atoms with Gasteiger partial charge < -0.3 is 16.0 Å². The van der Waals surface area contributed by atoms with Crippen molar-refractivity contribution in [2.24, 2.45) is 5.92 Å². The van der Waals surface area contributed by atoms with Crippen molar-refractivity contribution in [3.05, 3.63) is 5.01 Å². The predicted octanol–water partition coefficient (Wildman–Crippen LogP) is 1.35. The van der Waals surface area contributed by atoms with Gasteiger partial charge in [-0.25, -0.2) is 0 Å². The average Bonchev–Trinajstić information content (AvgIpc) is 3.24. The van der Waals surface area contributed by atoms with Gasteiger partial charge in [0.25, 0.3) is 0 Å². The van der Waals surface area contributed by atoms with Crippen LogP contribution in [0.15, 0.2) is 0 Å². The fourth-order valence-electron chi connectivity index (χ4n) is 3.67. The molecule has 2 heterocycles. The van der Waals surface area contributed by atoms with E-state index in [0.717, 1.165) is 43.5 Å². The number of nitrogens with zero attached hydrogens (tertiary/aromatic N) is 3. The number of likely N-dealkylation sites (tertiary alicyclic amines) is 1. The Balaban J connectivity index is 1.50. The third-order valence-corrected chi connectivity index (χ3v) is 5.73. The molecule has 0 radical (unpaired) electrons. The van der Waals surface area contributed by atoms with Gasteiger partial charge in [-0.1, -0.05) is 30.6 Å². The first kappa shape index (κ1) is 17.1. The summed E-state index contributed by atoms with van der Waals surface area (Å²) in [5, 5.41) is 11.9. The molecule has 2 amide bonds. The van der Waals surface area contributed by atoms with E-state index in [-0.39, 0.29) is 23.8 Å². The minimum atomic E-state index is -0.307. The number of nitrogen functional groups attached to an aromatic ring is 1. The van der Waals surface area contributed by atoms with E-state index in [0.29, 0.717) is 24.6 Å². The van der Waals surface area contributed by atoms with Crippen LogP contribution in [0.2, 0.25) is 0 Å². The standard InChI is InChI=1S/C16H25N5O2S/c17-16-20-19-13(24-16)8-9-18-14(22)12-7-4-10-21(12)15(23)11-5-2-1-3-6-11/h11-12H,1-10H2,(H2,17,20)(H,18,22)/t12-/m0/s1. The third-order valence-electron chi connectivity index (χ3n) is 4.91. The molecule has 132 valence electrons. The minimum absolute atomic E-state index is 0.0471. The van der Waals surface area contributed by atoms with Crippen molar-refractivity contribution in [1.82, 2.24) is 20.4 Å². The van der Waals surface area contributed by atoms with Gasteiger partial charge in [0.15, 0.2) is 0 Å². The number of anilines is 1. The van der Waals surface area contributed by atoms with Gasteiger partial charge in [-0.15, -0.1) is 10.2 Å². The number of hydrogen-bond acceptors (Lipinski definition) is 6. The predicted molar refractivity (Wildman–Crippen MR) is 92.3 cm³/mol. The molecule has 0 unspecified atom stereocenters. The Labute approximate surface area is 146 Å². The third kappa shape index (κ3) is 4.03. The molecule has 1 atom stereocenters. The highest BCUT2D eigenvalue weighted by Crippen LogP contribution is 2.28. The van der Waals surface area contributed by atoms with Crippen LogP contribution in [0.4, 0.5) is 5.13 Å². The lowest BCUT2D eigenvalue weighted by atomic mass is 9.88. The molecule has 1 aliphatic heterocycles. The maximum atomic E-state index is 12.7. The Morgan fingerprint density at radius 3 is 2.67 bits per heavy atom. The van der Waals surface area contributed by atoms with Crippen molar-refractivity contribution in [1.29, 1.82) is 0 Å². The monoisotopic (exact) mass is 351 g/mol. The molecular weight excluding hydrogens is 326 g/mol. The molecule has 24 heavy (non-hydrogen) atoms. The highest BCUT2D eigenvalue weighted by atomic mass is 32.1. The van der Waals surface area contributed by atoms with Crippen LogP contribution in [0.3, 0.4) is 0 Å². The van der Waals surface area contributed by atoms with Gasteiger partial charge in [-0.3, -0.25) is 9.59 Å². The normalized spacial score (nSPS) is 21.8. The van der Waals surface area contributed by atoms with E-state index in [4.69, 9.17) is 5.73 Å². The number of amides is 2. The molecule has 0 bridgehead atoms. The summed E-state index contributed by atoms with van der Waals surface area (Å²) in [5.41, 5.74) is 5.55. The van der Waals surface area contributed by atoms with Crippen LogP contribution in [-0.2, 0) is 16.0 Å². The topological polar surface area (TPSA) is 101 Å². The Morgan fingerprint density at radius 1 is 1.17 bits per heavy atom. The van der Waals surface area contributed by atoms with Gasteiger partial charge in [-0.2, -0.15) is 0 Å². The van der Waals surface area contributed by atoms with Crippen LogP contribution in [0, 0.1) is 5.92 Å². The van der Waals surface area contributed by atoms with Crippen molar-refractivity contribution < 1.29 is 9.59 Å². The Morgan fingerprint density at radius 2 is 1.96 bits per heavy atom. The number of aromatic nitrogens is 2. The maximum Gasteiger partial charge on any atom is 0.242 e. The van der Waals surface area contributed by atoms with Crippen LogP contribution < -0.4 is 11.1 Å². The second-order valence-electron chi connectivity index (χ2n) is 6.60. The van der Waals surface area contributed by atoms with Gasteiger partial charge >= 0.3 is 0 Å². The Hall–Kier alpha value is -1.70. The van der Waals surface area contributed by atoms with Gasteiger partial charge in [0.05, 0.1) is 0 Å². The summed E-state index contributed by atoms with van der Waals surface area (Å²) in [6, 6.07) is -0.307. The molecule has 1 aromatic heterocycles. The summed E-state index contributed by atoms with van der Waals surface area (Å²) in [5.74, 6) is 0.259. The van der Waals surface area contributed by atoms with E-state index in [1.807, 2.05) is 4.90 Å². The molecule has 1 saturated heterocycles. The van der Waals surface area contributed by atoms with Gasteiger partial charge in [0.1, 0.15) is 11.0 Å². The number of rotatable bonds is 5. The lowest BCUT2D eigenvalue weighted by Gasteiger charge is -2.30. The molecule has 1 aliphatic carbocycles. The second-order valence-corrected chi connectivity index (χ2v) is 7.69. The summed E-state index contributed by atoms with van der Waals surface area (Å²) in [7, 11) is 0. The number of carbonyl (C=O) groups excluding carboxylic acids is 2. The molecular formula is C16H25N5O2S. The first-order valence-electron chi connectivity index (χ1n) is 8.81. The van der Waals surface area contributed by atoms with Crippen LogP contribution >= 0.6 is 11.3 Å². The van der Waals surface area contributed by atoms with Crippen LogP contribution in [0.5, 0.6) is 0 Å². The molecule has 8 heteroatoms. The first-order chi connectivity index (χ1) is 11.6. The second kappa shape index (κ2) is 7.92. The van der Waals surface area contributed by atoms with Crippen LogP contribution in [0.25, 0.3) is 0 Å². The molecule has 2 fully saturated rings. The molecule has 1 saturated carbocycles. The zero-order valence-electron chi connectivity index (χ0n) is 13.9. The largest absolute Gasteiger partial charge is 0.374 e. The number of nitrogens with one attached hydrogen (secondary N) is 1. The van der Waals surface area contributed by atoms with Gasteiger partial charge in [-0.05, 0) is 25.7 Å². The van der Waals surface area contributed by atoms with Gasteiger partial charge in [0, 0.05) is 25.4 Å². The fourth-order valence-corrected chi connectivity index (χ4v) is 4.27. The molecule has 2 aliphatic rings. The van der Waals surface area contributed by atoms with Crippen LogP contribution in [-0.4, -0.2) is 46.0 Å². The first-order valence-corrected chi connectivity index (χ1v) is 9.63. The molecule has 7 nitrogen and oxygen atoms in total. The van der Waals surface area contributed by atoms with Crippen molar-refractivity contribution >= 4 is 28.3 Å². The summed E-state index contributed by atoms with van der Waals surface area (Å²) in [6.07, 6.45) is 7.72. The molecule has 0 aromatic carbocycles. The van der Waals surface area contributed by atoms with E-state index in [1.54, 1.807) is 0 Å². The SMILES string of the molecule is Nc1nnc(CCNC(=O)[C@@H]2CCCN2C(=O)C2CCCCC2)s1. The average molecular weight is 351 g/mol. The lowest BCUT2D eigenvalue weighted by Crippen LogP contribution is -2.48. The van der Waals surface area contributed by atoms with Crippen molar-refractivity contribution in [2.45, 2.75) is 57.4 Å². The van der Waals surface area contributed by atoms with Crippen molar-refractivity contribution in [3.8, 4) is 0 Å². The molecule has 3 rings (SSSR count). The highest BCUT2D eigenvalue weighted by molar-refractivity contribution is 7.15. The van der Waals surface area contributed by atoms with Crippen molar-refractivity contribution in [3.63, 3.8) is 0 Å². The van der Waals surface area contributed by atoms with E-state index in [2.05, 4.69) is 15.5 Å². The summed E-state index contributed by atoms with van der Waals surface area (Å²) in [4.78, 5) is 27.0. The zero-order valence-corrected chi connectivity index (χ0v) is 14.7. The highest BCUT2D eigenvalue weighted by Gasteiger charge is 2.37. The Bertz CT molecular complexity index is 585. The summed E-state index contributed by atoms with van der Waals surface area (Å²) < 4.78 is 0. The fraction of sp³-hybridized carbons (Fsp3) is 0.750. The van der Waals surface area contributed by atoms with E-state index >= 15 is 0 Å². The van der Waals surface area contributed by atoms with E-state index < -0.39 is 0 Å². The molecule has 3 N–H and O–H groups in total. The quantitative estimate of drug-likeness (QED) is 0.834. The van der Waals surface area contributed by atoms with Gasteiger partial charge in [0.2, 0.25) is 16.9 Å². The number of carbonyl (C=O) groups is 2. The maximum absolute atomic E-state index is 12.7. The summed E-state index contributed by atoms with van der Waals surface area (Å²) in [6.45, 7) is 1.20. The molecule has 0 spiro atoms. The van der Waals surface area contributed by atoms with E-state index in [1.165, 1.54) is 17.8 Å². The number of hydrogen-bond donors (Lipinski definition) is 2. The zero-order chi connectivity index (χ0) is 16.9. The smallest absolute Gasteiger partial charge is 0.242 e. The van der Waals surface area contributed by atoms with Crippen molar-refractivity contribution in [2.75, 3.05) is 18.8 Å². The number of nitrogens with two attached hydrogens (primary N) is 1. The van der Waals surface area contributed by atoms with Crippen LogP contribution in [0.1, 0.15) is 50.0 Å².